The molecule has 0 unspecified atom stereocenters. The van der Waals surface area contributed by atoms with Gasteiger partial charge in [0.2, 0.25) is 0 Å². The number of nitrogens with zero attached hydrogens (tertiary/aromatic N) is 4. The third kappa shape index (κ3) is 4.22. The zero-order chi connectivity index (χ0) is 33.5. The van der Waals surface area contributed by atoms with E-state index in [9.17, 15) is 0 Å². The van der Waals surface area contributed by atoms with Gasteiger partial charge in [0.15, 0.2) is 17.5 Å². The first-order chi connectivity index (χ1) is 25.3. The van der Waals surface area contributed by atoms with Crippen molar-refractivity contribution in [2.24, 2.45) is 0 Å². The van der Waals surface area contributed by atoms with Crippen molar-refractivity contribution < 1.29 is 4.42 Å². The van der Waals surface area contributed by atoms with Crippen LogP contribution in [-0.4, -0.2) is 19.9 Å². The number of hydrogen-bond donors (Lipinski definition) is 0. The predicted molar refractivity (Wildman–Crippen MR) is 209 cm³/mol. The lowest BCUT2D eigenvalue weighted by Gasteiger charge is -2.14. The maximum Gasteiger partial charge on any atom is 0.164 e. The molecule has 0 fully saturated rings. The molecule has 5 heteroatoms. The lowest BCUT2D eigenvalue weighted by Crippen LogP contribution is -2.01. The molecule has 0 aliphatic rings. The van der Waals surface area contributed by atoms with Crippen LogP contribution >= 0.6 is 0 Å². The molecule has 0 aliphatic carbocycles. The van der Waals surface area contributed by atoms with Gasteiger partial charge >= 0.3 is 0 Å². The molecule has 11 aromatic rings. The van der Waals surface area contributed by atoms with E-state index in [4.69, 9.17) is 24.4 Å². The first-order valence-corrected chi connectivity index (χ1v) is 17.1. The van der Waals surface area contributed by atoms with E-state index in [2.05, 4.69) is 133 Å². The number of pyridine rings is 1. The van der Waals surface area contributed by atoms with Crippen molar-refractivity contribution in [1.82, 2.24) is 19.9 Å². The van der Waals surface area contributed by atoms with E-state index < -0.39 is 0 Å². The van der Waals surface area contributed by atoms with Gasteiger partial charge in [-0.15, -0.1) is 0 Å². The first kappa shape index (κ1) is 27.9. The molecule has 0 saturated heterocycles. The predicted octanol–water partition coefficient (Wildman–Crippen LogP) is 11.9. The van der Waals surface area contributed by atoms with Gasteiger partial charge in [-0.05, 0) is 56.6 Å². The molecule has 0 saturated carbocycles. The van der Waals surface area contributed by atoms with Gasteiger partial charge < -0.3 is 4.42 Å². The summed E-state index contributed by atoms with van der Waals surface area (Å²) >= 11 is 0. The van der Waals surface area contributed by atoms with Gasteiger partial charge in [-0.25, -0.2) is 15.0 Å². The minimum atomic E-state index is 0.588. The minimum absolute atomic E-state index is 0.588. The molecule has 3 heterocycles. The number of fused-ring (bicyclic) bond motifs is 11. The molecule has 0 bridgehead atoms. The molecule has 8 aromatic carbocycles. The largest absolute Gasteiger partial charge is 0.455 e. The third-order valence-corrected chi connectivity index (χ3v) is 10.1. The highest BCUT2D eigenvalue weighted by Gasteiger charge is 2.21. The van der Waals surface area contributed by atoms with Gasteiger partial charge in [0.05, 0.1) is 5.52 Å². The number of benzene rings is 8. The van der Waals surface area contributed by atoms with E-state index in [0.29, 0.717) is 17.5 Å². The van der Waals surface area contributed by atoms with Crippen LogP contribution in [0.2, 0.25) is 0 Å². The quantitative estimate of drug-likeness (QED) is 0.178. The van der Waals surface area contributed by atoms with Crippen LogP contribution in [0.25, 0.3) is 110 Å². The van der Waals surface area contributed by atoms with Crippen LogP contribution in [0, 0.1) is 0 Å². The molecule has 11 rings (SSSR count). The number of furan rings is 1. The molecule has 0 radical (unpaired) electrons. The second-order valence-corrected chi connectivity index (χ2v) is 13.0. The zero-order valence-corrected chi connectivity index (χ0v) is 27.2. The topological polar surface area (TPSA) is 64.7 Å². The van der Waals surface area contributed by atoms with E-state index in [-0.39, 0.29) is 0 Å². The molecule has 0 spiro atoms. The highest BCUT2D eigenvalue weighted by molar-refractivity contribution is 6.21. The SMILES string of the molecule is c1ccc2c(-c3nc(-c4cc5c(ccc6cccnc65)c5ccccc45)nc(-c4cccc5oc6c7ccccc7ccc6c45)n3)cccc2c1. The minimum Gasteiger partial charge on any atom is -0.455 e. The fraction of sp³-hybridized carbons (Fsp3) is 0. The summed E-state index contributed by atoms with van der Waals surface area (Å²) < 4.78 is 6.58. The number of aromatic nitrogens is 4. The van der Waals surface area contributed by atoms with Gasteiger partial charge in [-0.3, -0.25) is 4.98 Å². The van der Waals surface area contributed by atoms with Gasteiger partial charge in [-0.1, -0.05) is 127 Å². The molecular weight excluding hydrogens is 625 g/mol. The van der Waals surface area contributed by atoms with E-state index in [0.717, 1.165) is 92.6 Å². The fourth-order valence-electron chi connectivity index (χ4n) is 7.81. The Hall–Kier alpha value is -6.98. The summed E-state index contributed by atoms with van der Waals surface area (Å²) in [6.45, 7) is 0. The van der Waals surface area contributed by atoms with Crippen LogP contribution in [-0.2, 0) is 0 Å². The van der Waals surface area contributed by atoms with Crippen LogP contribution in [0.5, 0.6) is 0 Å². The summed E-state index contributed by atoms with van der Waals surface area (Å²) in [5, 5.41) is 11.9. The highest BCUT2D eigenvalue weighted by Crippen LogP contribution is 2.41. The Balaban J connectivity index is 1.26. The Morgan fingerprint density at radius 2 is 0.961 bits per heavy atom. The molecule has 236 valence electrons. The van der Waals surface area contributed by atoms with Crippen molar-refractivity contribution in [2.75, 3.05) is 0 Å². The summed E-state index contributed by atoms with van der Waals surface area (Å²) in [7, 11) is 0. The van der Waals surface area contributed by atoms with E-state index in [1.165, 1.54) is 0 Å². The summed E-state index contributed by atoms with van der Waals surface area (Å²) in [5.74, 6) is 1.80. The molecule has 0 aliphatic heterocycles. The van der Waals surface area contributed by atoms with Crippen LogP contribution in [0.15, 0.2) is 162 Å². The molecule has 0 amide bonds. The van der Waals surface area contributed by atoms with E-state index in [1.54, 1.807) is 0 Å². The van der Waals surface area contributed by atoms with Crippen molar-refractivity contribution in [1.29, 1.82) is 0 Å². The van der Waals surface area contributed by atoms with Crippen LogP contribution in [0.3, 0.4) is 0 Å². The van der Waals surface area contributed by atoms with Crippen LogP contribution in [0.4, 0.5) is 0 Å². The Labute approximate surface area is 291 Å². The van der Waals surface area contributed by atoms with Gasteiger partial charge in [-0.2, -0.15) is 0 Å². The summed E-state index contributed by atoms with van der Waals surface area (Å²) in [4.78, 5) is 20.7. The first-order valence-electron chi connectivity index (χ1n) is 17.1. The number of hydrogen-bond acceptors (Lipinski definition) is 5. The standard InChI is InChI=1S/C46H26N4O/c1-3-14-30-27(10-1)12-7-18-35(30)44-48-45(37-19-8-20-40-41(37)36-24-21-28-11-2-4-15-31(28)43(36)51-40)50-46(49-44)39-26-38-34(32-16-5-6-17-33(32)39)23-22-29-13-9-25-47-42(29)38/h1-26H. The Morgan fingerprint density at radius 1 is 0.373 bits per heavy atom. The fourth-order valence-corrected chi connectivity index (χ4v) is 7.81. The third-order valence-electron chi connectivity index (χ3n) is 10.1. The molecule has 51 heavy (non-hydrogen) atoms. The molecular formula is C46H26N4O. The molecule has 0 N–H and O–H groups in total. The van der Waals surface area contributed by atoms with Gasteiger partial charge in [0.25, 0.3) is 0 Å². The Bertz CT molecular complexity index is 3210. The lowest BCUT2D eigenvalue weighted by atomic mass is 9.95. The highest BCUT2D eigenvalue weighted by atomic mass is 16.3. The molecule has 3 aromatic heterocycles. The maximum absolute atomic E-state index is 6.58. The summed E-state index contributed by atoms with van der Waals surface area (Å²) in [5.41, 5.74) is 5.37. The Kier molecular flexibility index (Phi) is 5.89. The van der Waals surface area contributed by atoms with Gasteiger partial charge in [0.1, 0.15) is 11.2 Å². The molecule has 5 nitrogen and oxygen atoms in total. The average Bonchev–Trinajstić information content (AvgIpc) is 3.60. The van der Waals surface area contributed by atoms with Crippen molar-refractivity contribution >= 4 is 75.9 Å². The van der Waals surface area contributed by atoms with Crippen molar-refractivity contribution in [3.63, 3.8) is 0 Å². The van der Waals surface area contributed by atoms with Crippen molar-refractivity contribution in [3.05, 3.63) is 158 Å². The van der Waals surface area contributed by atoms with E-state index >= 15 is 0 Å². The van der Waals surface area contributed by atoms with Gasteiger partial charge in [0, 0.05) is 49.8 Å². The smallest absolute Gasteiger partial charge is 0.164 e. The second-order valence-electron chi connectivity index (χ2n) is 13.0. The maximum atomic E-state index is 6.58. The lowest BCUT2D eigenvalue weighted by molar-refractivity contribution is 0.672. The van der Waals surface area contributed by atoms with Crippen LogP contribution in [0.1, 0.15) is 0 Å². The van der Waals surface area contributed by atoms with Crippen molar-refractivity contribution in [2.45, 2.75) is 0 Å². The van der Waals surface area contributed by atoms with Crippen LogP contribution < -0.4 is 0 Å². The normalized spacial score (nSPS) is 11.9. The zero-order valence-electron chi connectivity index (χ0n) is 27.2. The van der Waals surface area contributed by atoms with Crippen molar-refractivity contribution in [3.8, 4) is 34.2 Å². The Morgan fingerprint density at radius 3 is 1.82 bits per heavy atom. The summed E-state index contributed by atoms with van der Waals surface area (Å²) in [6, 6.07) is 52.6. The van der Waals surface area contributed by atoms with E-state index in [1.807, 2.05) is 24.4 Å². The molecule has 0 atom stereocenters. The second kappa shape index (κ2) is 10.8. The monoisotopic (exact) mass is 650 g/mol. The summed E-state index contributed by atoms with van der Waals surface area (Å²) in [6.07, 6.45) is 1.86. The average molecular weight is 651 g/mol. The number of rotatable bonds is 3.